The molecule has 2 N–H and O–H groups in total. The number of halogens is 2. The Morgan fingerprint density at radius 3 is 2.40 bits per heavy atom. The molecule has 0 fully saturated rings. The summed E-state index contributed by atoms with van der Waals surface area (Å²) < 4.78 is 10.4. The molecule has 0 saturated heterocycles. The molecule has 8 heteroatoms. The number of carbonyl (C=O) groups is 2. The molecule has 134 valence electrons. The molecule has 1 heterocycles. The molecule has 0 radical (unpaired) electrons. The molecule has 0 aliphatic heterocycles. The number of aromatic amines is 1. The van der Waals surface area contributed by atoms with Crippen LogP contribution in [-0.4, -0.2) is 30.1 Å². The number of ether oxygens (including phenoxy) is 2. The van der Waals surface area contributed by atoms with Crippen LogP contribution in [0.1, 0.15) is 40.4 Å². The van der Waals surface area contributed by atoms with E-state index in [0.717, 1.165) is 0 Å². The second-order valence-corrected chi connectivity index (χ2v) is 6.33. The average Bonchev–Trinajstić information content (AvgIpc) is 2.82. The first-order chi connectivity index (χ1) is 11.7. The number of rotatable bonds is 5. The van der Waals surface area contributed by atoms with Gasteiger partial charge >= 0.3 is 5.97 Å². The van der Waals surface area contributed by atoms with Gasteiger partial charge in [0.15, 0.2) is 0 Å². The lowest BCUT2D eigenvalue weighted by molar-refractivity contribution is 0.0600. The highest BCUT2D eigenvalue weighted by molar-refractivity contribution is 6.44. The van der Waals surface area contributed by atoms with Crippen molar-refractivity contribution in [1.29, 1.82) is 0 Å². The van der Waals surface area contributed by atoms with Crippen molar-refractivity contribution in [3.05, 3.63) is 45.2 Å². The van der Waals surface area contributed by atoms with Crippen molar-refractivity contribution < 1.29 is 19.1 Å². The Labute approximate surface area is 155 Å². The van der Waals surface area contributed by atoms with Crippen LogP contribution in [0.2, 0.25) is 10.0 Å². The summed E-state index contributed by atoms with van der Waals surface area (Å²) in [5, 5.41) is 3.15. The largest absolute Gasteiger partial charge is 0.489 e. The Kier molecular flexibility index (Phi) is 5.98. The third-order valence-corrected chi connectivity index (χ3v) is 4.24. The van der Waals surface area contributed by atoms with Gasteiger partial charge in [-0.3, -0.25) is 4.79 Å². The third-order valence-electron chi connectivity index (χ3n) is 3.29. The van der Waals surface area contributed by atoms with Crippen molar-refractivity contribution in [1.82, 2.24) is 4.98 Å². The SMILES string of the molecule is COC(=O)c1ccc(NC(=O)c2[nH]c(C)c(Cl)c2Cl)c(OC(C)C)c1. The molecule has 0 atom stereocenters. The topological polar surface area (TPSA) is 80.4 Å². The standard InChI is InChI=1S/C17H18Cl2N2O4/c1-8(2)25-12-7-10(17(23)24-4)5-6-11(12)21-16(22)15-14(19)13(18)9(3)20-15/h5-8,20H,1-4H3,(H,21,22). The zero-order valence-electron chi connectivity index (χ0n) is 14.2. The fourth-order valence-electron chi connectivity index (χ4n) is 2.13. The minimum absolute atomic E-state index is 0.147. The number of benzene rings is 1. The summed E-state index contributed by atoms with van der Waals surface area (Å²) in [6, 6.07) is 4.60. The zero-order chi connectivity index (χ0) is 18.7. The summed E-state index contributed by atoms with van der Waals surface area (Å²) in [6.45, 7) is 5.38. The van der Waals surface area contributed by atoms with E-state index in [-0.39, 0.29) is 16.8 Å². The first kappa shape index (κ1) is 19.1. The number of amides is 1. The maximum Gasteiger partial charge on any atom is 0.337 e. The minimum atomic E-state index is -0.499. The number of methoxy groups -OCH3 is 1. The number of carbonyl (C=O) groups excluding carboxylic acids is 2. The van der Waals surface area contributed by atoms with Crippen LogP contribution >= 0.6 is 23.2 Å². The molecule has 0 aliphatic rings. The van der Waals surface area contributed by atoms with Gasteiger partial charge in [-0.1, -0.05) is 23.2 Å². The van der Waals surface area contributed by atoms with Crippen LogP contribution in [0.5, 0.6) is 5.75 Å². The summed E-state index contributed by atoms with van der Waals surface area (Å²) in [5.74, 6) is -0.627. The zero-order valence-corrected chi connectivity index (χ0v) is 15.7. The van der Waals surface area contributed by atoms with E-state index in [2.05, 4.69) is 10.3 Å². The van der Waals surface area contributed by atoms with Gasteiger partial charge in [0, 0.05) is 5.69 Å². The molecule has 25 heavy (non-hydrogen) atoms. The summed E-state index contributed by atoms with van der Waals surface area (Å²) in [4.78, 5) is 27.0. The van der Waals surface area contributed by atoms with Crippen molar-refractivity contribution in [3.8, 4) is 5.75 Å². The summed E-state index contributed by atoms with van der Waals surface area (Å²) in [5.41, 5.74) is 1.45. The molecule has 1 aromatic heterocycles. The fourth-order valence-corrected chi connectivity index (χ4v) is 2.55. The van der Waals surface area contributed by atoms with Crippen LogP contribution < -0.4 is 10.1 Å². The Balaban J connectivity index is 2.35. The van der Waals surface area contributed by atoms with Gasteiger partial charge in [-0.05, 0) is 39.0 Å². The minimum Gasteiger partial charge on any atom is -0.489 e. The molecule has 1 amide bonds. The van der Waals surface area contributed by atoms with Crippen LogP contribution in [-0.2, 0) is 4.74 Å². The molecule has 0 saturated carbocycles. The number of hydrogen-bond acceptors (Lipinski definition) is 4. The highest BCUT2D eigenvalue weighted by Gasteiger charge is 2.20. The number of H-pyrrole nitrogens is 1. The fraction of sp³-hybridized carbons (Fsp3) is 0.294. The van der Waals surface area contributed by atoms with Crippen molar-refractivity contribution in [3.63, 3.8) is 0 Å². The van der Waals surface area contributed by atoms with Gasteiger partial charge in [0.1, 0.15) is 11.4 Å². The number of hydrogen-bond donors (Lipinski definition) is 2. The predicted octanol–water partition coefficient (Wildman–Crippen LogP) is 4.46. The number of aromatic nitrogens is 1. The summed E-state index contributed by atoms with van der Waals surface area (Å²) in [7, 11) is 1.29. The van der Waals surface area contributed by atoms with Gasteiger partial charge in [-0.15, -0.1) is 0 Å². The highest BCUT2D eigenvalue weighted by atomic mass is 35.5. The third kappa shape index (κ3) is 4.27. The first-order valence-corrected chi connectivity index (χ1v) is 8.24. The molecule has 0 spiro atoms. The second kappa shape index (κ2) is 7.80. The molecule has 0 aliphatic carbocycles. The van der Waals surface area contributed by atoms with Gasteiger partial charge in [-0.2, -0.15) is 0 Å². The van der Waals surface area contributed by atoms with E-state index in [1.165, 1.54) is 19.2 Å². The quantitative estimate of drug-likeness (QED) is 0.745. The summed E-state index contributed by atoms with van der Waals surface area (Å²) in [6.07, 6.45) is -0.158. The predicted molar refractivity (Wildman–Crippen MR) is 97.0 cm³/mol. The lowest BCUT2D eigenvalue weighted by Crippen LogP contribution is -2.16. The Bertz CT molecular complexity index is 815. The number of anilines is 1. The van der Waals surface area contributed by atoms with Gasteiger partial charge in [0.05, 0.1) is 34.5 Å². The number of esters is 1. The Morgan fingerprint density at radius 1 is 1.20 bits per heavy atom. The summed E-state index contributed by atoms with van der Waals surface area (Å²) >= 11 is 12.1. The molecule has 2 rings (SSSR count). The second-order valence-electron chi connectivity index (χ2n) is 5.58. The van der Waals surface area contributed by atoms with Crippen LogP contribution in [0.25, 0.3) is 0 Å². The van der Waals surface area contributed by atoms with Gasteiger partial charge in [-0.25, -0.2) is 4.79 Å². The van der Waals surface area contributed by atoms with Crippen LogP contribution in [0.15, 0.2) is 18.2 Å². The molecule has 2 aromatic rings. The van der Waals surface area contributed by atoms with E-state index >= 15 is 0 Å². The monoisotopic (exact) mass is 384 g/mol. The van der Waals surface area contributed by atoms with Crippen molar-refractivity contribution in [2.24, 2.45) is 0 Å². The van der Waals surface area contributed by atoms with Crippen LogP contribution in [0.4, 0.5) is 5.69 Å². The lowest BCUT2D eigenvalue weighted by Gasteiger charge is -2.16. The number of aryl methyl sites for hydroxylation is 1. The smallest absolute Gasteiger partial charge is 0.337 e. The highest BCUT2D eigenvalue weighted by Crippen LogP contribution is 2.32. The Hall–Kier alpha value is -2.18. The van der Waals surface area contributed by atoms with Crippen LogP contribution in [0, 0.1) is 6.92 Å². The molecule has 0 unspecified atom stereocenters. The molecular weight excluding hydrogens is 367 g/mol. The van der Waals surface area contributed by atoms with Gasteiger partial charge in [0.2, 0.25) is 0 Å². The first-order valence-electron chi connectivity index (χ1n) is 7.48. The van der Waals surface area contributed by atoms with Crippen LogP contribution in [0.3, 0.4) is 0 Å². The normalized spacial score (nSPS) is 10.7. The molecule has 1 aromatic carbocycles. The van der Waals surface area contributed by atoms with Crippen molar-refractivity contribution in [2.45, 2.75) is 26.9 Å². The molecule has 6 nitrogen and oxygen atoms in total. The Morgan fingerprint density at radius 2 is 1.88 bits per heavy atom. The maximum absolute atomic E-state index is 12.5. The van der Waals surface area contributed by atoms with E-state index in [1.54, 1.807) is 13.0 Å². The van der Waals surface area contributed by atoms with E-state index in [4.69, 9.17) is 32.7 Å². The van der Waals surface area contributed by atoms with E-state index < -0.39 is 11.9 Å². The van der Waals surface area contributed by atoms with Crippen molar-refractivity contribution >= 4 is 40.8 Å². The number of nitrogens with one attached hydrogen (secondary N) is 2. The van der Waals surface area contributed by atoms with E-state index in [9.17, 15) is 9.59 Å². The van der Waals surface area contributed by atoms with Crippen molar-refractivity contribution in [2.75, 3.05) is 12.4 Å². The van der Waals surface area contributed by atoms with Gasteiger partial charge < -0.3 is 19.8 Å². The average molecular weight is 385 g/mol. The van der Waals surface area contributed by atoms with Gasteiger partial charge in [0.25, 0.3) is 5.91 Å². The van der Waals surface area contributed by atoms with E-state index in [0.29, 0.717) is 27.7 Å². The lowest BCUT2D eigenvalue weighted by atomic mass is 10.2. The molecular formula is C17H18Cl2N2O4. The molecule has 0 bridgehead atoms. The van der Waals surface area contributed by atoms with E-state index in [1.807, 2.05) is 13.8 Å². The maximum atomic E-state index is 12.5.